The van der Waals surface area contributed by atoms with Crippen LogP contribution in [0, 0.1) is 12.7 Å². The number of hydrogen-bond acceptors (Lipinski definition) is 8. The molecule has 0 radical (unpaired) electrons. The Labute approximate surface area is 224 Å². The molecule has 4 heterocycles. The topological polar surface area (TPSA) is 106 Å². The van der Waals surface area contributed by atoms with E-state index >= 15 is 4.39 Å². The quantitative estimate of drug-likeness (QED) is 0.362. The molecule has 1 aromatic carbocycles. The number of anilines is 3. The summed E-state index contributed by atoms with van der Waals surface area (Å²) in [5.74, 6) is 0.216. The summed E-state index contributed by atoms with van der Waals surface area (Å²) in [6.45, 7) is 12.8. The number of nitrogens with zero attached hydrogens (tertiary/aromatic N) is 8. The Morgan fingerprint density at radius 3 is 2.56 bits per heavy atom. The largest absolute Gasteiger partial charge is 0.366 e. The lowest BCUT2D eigenvalue weighted by Gasteiger charge is -2.35. The molecule has 0 amide bonds. The Hall–Kier alpha value is -4.32. The van der Waals surface area contributed by atoms with E-state index in [1.54, 1.807) is 16.8 Å². The maximum Gasteiger partial charge on any atom is 0.278 e. The second-order valence-electron chi connectivity index (χ2n) is 10.0. The van der Waals surface area contributed by atoms with E-state index < -0.39 is 0 Å². The predicted molar refractivity (Wildman–Crippen MR) is 150 cm³/mol. The summed E-state index contributed by atoms with van der Waals surface area (Å²) in [6.07, 6.45) is 3.03. The van der Waals surface area contributed by atoms with Crippen molar-refractivity contribution in [1.29, 1.82) is 0 Å². The maximum absolute atomic E-state index is 15.3. The molecule has 1 N–H and O–H groups in total. The van der Waals surface area contributed by atoms with Crippen molar-refractivity contribution in [2.45, 2.75) is 33.4 Å². The van der Waals surface area contributed by atoms with Crippen molar-refractivity contribution in [2.24, 2.45) is 0 Å². The fraction of sp³-hybridized carbons (Fsp3) is 0.370. The molecule has 0 atom stereocenters. The van der Waals surface area contributed by atoms with Crippen LogP contribution in [0.15, 0.2) is 52.7 Å². The highest BCUT2D eigenvalue weighted by Crippen LogP contribution is 2.30. The van der Waals surface area contributed by atoms with Gasteiger partial charge < -0.3 is 15.1 Å². The maximum atomic E-state index is 15.3. The Balaban J connectivity index is 1.56. The minimum atomic E-state index is -0.322. The normalized spacial score (nSPS) is 14.4. The van der Waals surface area contributed by atoms with Crippen molar-refractivity contribution < 1.29 is 4.39 Å². The molecule has 1 aliphatic rings. The van der Waals surface area contributed by atoms with Crippen molar-refractivity contribution in [2.75, 3.05) is 43.4 Å². The van der Waals surface area contributed by atoms with Crippen molar-refractivity contribution in [3.63, 3.8) is 0 Å². The molecule has 12 heteroatoms. The van der Waals surface area contributed by atoms with Crippen LogP contribution in [0.4, 0.5) is 21.7 Å². The molecule has 0 bridgehead atoms. The van der Waals surface area contributed by atoms with Crippen LogP contribution in [0.25, 0.3) is 16.9 Å². The Morgan fingerprint density at radius 2 is 1.90 bits per heavy atom. The molecule has 0 unspecified atom stereocenters. The van der Waals surface area contributed by atoms with E-state index in [0.717, 1.165) is 31.7 Å². The van der Waals surface area contributed by atoms with Crippen LogP contribution in [0.5, 0.6) is 0 Å². The lowest BCUT2D eigenvalue weighted by molar-refractivity contribution is 0.311. The van der Waals surface area contributed by atoms with Gasteiger partial charge in [0, 0.05) is 44.1 Å². The molecule has 0 saturated carbocycles. The highest BCUT2D eigenvalue weighted by Gasteiger charge is 2.21. The van der Waals surface area contributed by atoms with E-state index in [-0.39, 0.29) is 40.9 Å². The van der Waals surface area contributed by atoms with Gasteiger partial charge in [-0.05, 0) is 51.6 Å². The monoisotopic (exact) mass is 533 g/mol. The van der Waals surface area contributed by atoms with Crippen LogP contribution in [0.2, 0.25) is 0 Å². The van der Waals surface area contributed by atoms with Gasteiger partial charge >= 0.3 is 0 Å². The van der Waals surface area contributed by atoms with Crippen molar-refractivity contribution in [1.82, 2.24) is 34.0 Å². The lowest BCUT2D eigenvalue weighted by atomic mass is 10.1. The van der Waals surface area contributed by atoms with Crippen LogP contribution in [0.3, 0.4) is 0 Å². The van der Waals surface area contributed by atoms with Crippen LogP contribution >= 0.6 is 0 Å². The minimum Gasteiger partial charge on any atom is -0.366 e. The molecular weight excluding hydrogens is 501 g/mol. The molecule has 0 spiro atoms. The summed E-state index contributed by atoms with van der Waals surface area (Å²) in [7, 11) is 2.06. The van der Waals surface area contributed by atoms with E-state index in [2.05, 4.69) is 43.8 Å². The molecule has 11 nitrogen and oxygen atoms in total. The zero-order chi connectivity index (χ0) is 27.8. The lowest BCUT2D eigenvalue weighted by Crippen LogP contribution is -2.45. The van der Waals surface area contributed by atoms with E-state index in [9.17, 15) is 9.59 Å². The van der Waals surface area contributed by atoms with Crippen LogP contribution < -0.4 is 21.3 Å². The third-order valence-corrected chi connectivity index (χ3v) is 6.82. The number of halogens is 1. The van der Waals surface area contributed by atoms with Crippen LogP contribution in [0.1, 0.15) is 25.5 Å². The van der Waals surface area contributed by atoms with Gasteiger partial charge in [-0.15, -0.1) is 11.7 Å². The second kappa shape index (κ2) is 10.4. The highest BCUT2D eigenvalue weighted by molar-refractivity contribution is 5.77. The van der Waals surface area contributed by atoms with E-state index in [1.807, 2.05) is 26.8 Å². The zero-order valence-electron chi connectivity index (χ0n) is 22.6. The third-order valence-electron chi connectivity index (χ3n) is 6.82. The van der Waals surface area contributed by atoms with E-state index in [1.165, 1.54) is 27.7 Å². The smallest absolute Gasteiger partial charge is 0.278 e. The Bertz CT molecular complexity index is 1640. The first-order chi connectivity index (χ1) is 18.7. The second-order valence-corrected chi connectivity index (χ2v) is 10.0. The summed E-state index contributed by atoms with van der Waals surface area (Å²) in [6, 6.07) is 6.07. The van der Waals surface area contributed by atoms with Gasteiger partial charge in [0.05, 0.1) is 18.3 Å². The summed E-state index contributed by atoms with van der Waals surface area (Å²) in [4.78, 5) is 38.7. The van der Waals surface area contributed by atoms with Crippen molar-refractivity contribution in [3.05, 3.63) is 75.2 Å². The van der Waals surface area contributed by atoms with Gasteiger partial charge in [0.1, 0.15) is 11.2 Å². The van der Waals surface area contributed by atoms with Crippen LogP contribution in [-0.4, -0.2) is 67.2 Å². The number of benzene rings is 1. The first kappa shape index (κ1) is 26.3. The molecule has 5 rings (SSSR count). The van der Waals surface area contributed by atoms with Crippen molar-refractivity contribution in [3.8, 4) is 5.82 Å². The summed E-state index contributed by atoms with van der Waals surface area (Å²) < 4.78 is 19.6. The predicted octanol–water partition coefficient (Wildman–Crippen LogP) is 2.85. The SMILES string of the molecule is C=CCn1c(=O)c2cnc(Nc3cc(C)c(N4CCN(C)CC4)c(F)c3)nc2n1-c1ccc(=O)n(C(C)C)n1. The van der Waals surface area contributed by atoms with Crippen LogP contribution in [-0.2, 0) is 6.54 Å². The van der Waals surface area contributed by atoms with Gasteiger partial charge in [-0.2, -0.15) is 4.98 Å². The molecule has 1 fully saturated rings. The minimum absolute atomic E-state index is 0.183. The number of piperazine rings is 1. The molecule has 0 aliphatic carbocycles. The fourth-order valence-electron chi connectivity index (χ4n) is 4.87. The third kappa shape index (κ3) is 4.94. The summed E-state index contributed by atoms with van der Waals surface area (Å²) in [5.41, 5.74) is 1.63. The molecule has 1 aliphatic heterocycles. The number of nitrogens with one attached hydrogen (secondary N) is 1. The van der Waals surface area contributed by atoms with Gasteiger partial charge in [0.2, 0.25) is 5.95 Å². The number of allylic oxidation sites excluding steroid dienone is 1. The first-order valence-electron chi connectivity index (χ1n) is 12.9. The van der Waals surface area contributed by atoms with Gasteiger partial charge in [-0.25, -0.2) is 23.4 Å². The standard InChI is InChI=1S/C27H32FN9O2/c1-6-9-35-26(39)20-16-29-27(31-25(20)37(35)22-7-8-23(38)36(32-22)17(2)3)30-19-14-18(4)24(21(28)15-19)34-12-10-33(5)11-13-34/h6-8,14-17H,1,9-13H2,2-5H3,(H,29,30,31). The zero-order valence-corrected chi connectivity index (χ0v) is 22.6. The highest BCUT2D eigenvalue weighted by atomic mass is 19.1. The summed E-state index contributed by atoms with van der Waals surface area (Å²) in [5, 5.41) is 7.84. The molecular formula is C27H32FN9O2. The first-order valence-corrected chi connectivity index (χ1v) is 12.9. The number of likely N-dealkylation sites (N-methyl/N-ethyl adjacent to an activating group) is 1. The van der Waals surface area contributed by atoms with Gasteiger partial charge in [-0.1, -0.05) is 6.08 Å². The fourth-order valence-corrected chi connectivity index (χ4v) is 4.87. The molecule has 1 saturated heterocycles. The molecule has 4 aromatic rings. The van der Waals surface area contributed by atoms with Gasteiger partial charge in [0.15, 0.2) is 11.5 Å². The average Bonchev–Trinajstić information content (AvgIpc) is 3.16. The van der Waals surface area contributed by atoms with Crippen molar-refractivity contribution >= 4 is 28.4 Å². The number of aromatic nitrogens is 6. The number of hydrogen-bond donors (Lipinski definition) is 1. The van der Waals surface area contributed by atoms with E-state index in [4.69, 9.17) is 0 Å². The number of fused-ring (bicyclic) bond motifs is 1. The Morgan fingerprint density at radius 1 is 1.15 bits per heavy atom. The van der Waals surface area contributed by atoms with E-state index in [0.29, 0.717) is 22.8 Å². The molecule has 39 heavy (non-hydrogen) atoms. The molecule has 3 aromatic heterocycles. The van der Waals surface area contributed by atoms with Gasteiger partial charge in [-0.3, -0.25) is 9.59 Å². The Kier molecular flexibility index (Phi) is 7.04. The van der Waals surface area contributed by atoms with Gasteiger partial charge in [0.25, 0.3) is 11.1 Å². The molecule has 204 valence electrons. The number of aryl methyl sites for hydroxylation is 1. The summed E-state index contributed by atoms with van der Waals surface area (Å²) >= 11 is 0. The average molecular weight is 534 g/mol. The number of rotatable bonds is 7.